The molecule has 3 heterocycles. The van der Waals surface area contributed by atoms with Gasteiger partial charge in [0, 0.05) is 38.8 Å². The van der Waals surface area contributed by atoms with E-state index >= 15 is 0 Å². The molecule has 25 heavy (non-hydrogen) atoms. The molecular weight excluding hydrogens is 316 g/mol. The first-order valence-electron chi connectivity index (χ1n) is 10.2. The molecule has 6 heteroatoms. The van der Waals surface area contributed by atoms with Crippen LogP contribution in [0.1, 0.15) is 32.1 Å². The van der Waals surface area contributed by atoms with E-state index in [2.05, 4.69) is 26.6 Å². The number of piperazine rings is 1. The normalized spacial score (nSPS) is 26.0. The Morgan fingerprint density at radius 3 is 2.24 bits per heavy atom. The predicted molar refractivity (Wildman–Crippen MR) is 99.8 cm³/mol. The van der Waals surface area contributed by atoms with E-state index < -0.39 is 0 Å². The van der Waals surface area contributed by atoms with Crippen molar-refractivity contribution in [2.75, 3.05) is 79.1 Å². The standard InChI is InChI=1S/C19H36N4O2/c1-20-9-5-18(6-10-20)23-13-11-22(12-14-23)17-19(24)25-16-15-21-7-3-2-4-8-21/h18H,2-17H2,1H3. The van der Waals surface area contributed by atoms with Crippen LogP contribution in [0.4, 0.5) is 0 Å². The van der Waals surface area contributed by atoms with Crippen LogP contribution < -0.4 is 0 Å². The molecule has 3 saturated heterocycles. The highest BCUT2D eigenvalue weighted by molar-refractivity contribution is 5.71. The lowest BCUT2D eigenvalue weighted by Crippen LogP contribution is -2.53. The second-order valence-corrected chi connectivity index (χ2v) is 7.97. The van der Waals surface area contributed by atoms with Crippen LogP contribution in [-0.2, 0) is 9.53 Å². The number of rotatable bonds is 6. The third kappa shape index (κ3) is 6.20. The minimum atomic E-state index is -0.0512. The molecule has 144 valence electrons. The molecule has 3 rings (SSSR count). The number of carbonyl (C=O) groups excluding carboxylic acids is 1. The van der Waals surface area contributed by atoms with E-state index in [1.807, 2.05) is 0 Å². The van der Waals surface area contributed by atoms with Crippen molar-refractivity contribution in [3.05, 3.63) is 0 Å². The summed E-state index contributed by atoms with van der Waals surface area (Å²) in [6, 6.07) is 0.745. The molecule has 0 N–H and O–H groups in total. The SMILES string of the molecule is CN1CCC(N2CCN(CC(=O)OCCN3CCCCC3)CC2)CC1. The molecule has 6 nitrogen and oxygen atoms in total. The molecule has 0 radical (unpaired) electrons. The Bertz CT molecular complexity index is 398. The zero-order valence-corrected chi connectivity index (χ0v) is 16.0. The van der Waals surface area contributed by atoms with E-state index in [1.54, 1.807) is 0 Å². The smallest absolute Gasteiger partial charge is 0.320 e. The van der Waals surface area contributed by atoms with Crippen LogP contribution in [0.5, 0.6) is 0 Å². The van der Waals surface area contributed by atoms with Crippen LogP contribution in [0.3, 0.4) is 0 Å². The molecule has 0 aliphatic carbocycles. The Kier molecular flexibility index (Phi) is 7.52. The van der Waals surface area contributed by atoms with Gasteiger partial charge in [-0.05, 0) is 58.9 Å². The zero-order chi connectivity index (χ0) is 17.5. The summed E-state index contributed by atoms with van der Waals surface area (Å²) in [5.74, 6) is -0.0512. The minimum absolute atomic E-state index is 0.0512. The number of esters is 1. The maximum absolute atomic E-state index is 12.1. The summed E-state index contributed by atoms with van der Waals surface area (Å²) in [6.07, 6.45) is 6.49. The average molecular weight is 353 g/mol. The van der Waals surface area contributed by atoms with E-state index in [0.717, 1.165) is 51.9 Å². The summed E-state index contributed by atoms with van der Waals surface area (Å²) in [5, 5.41) is 0. The zero-order valence-electron chi connectivity index (χ0n) is 16.0. The Hall–Kier alpha value is -0.690. The van der Waals surface area contributed by atoms with Crippen molar-refractivity contribution in [1.82, 2.24) is 19.6 Å². The highest BCUT2D eigenvalue weighted by Gasteiger charge is 2.27. The van der Waals surface area contributed by atoms with Gasteiger partial charge in [-0.25, -0.2) is 0 Å². The Balaban J connectivity index is 1.27. The number of hydrogen-bond donors (Lipinski definition) is 0. The largest absolute Gasteiger partial charge is 0.463 e. The number of nitrogens with zero attached hydrogens (tertiary/aromatic N) is 4. The van der Waals surface area contributed by atoms with Crippen LogP contribution in [0.15, 0.2) is 0 Å². The molecule has 3 aliphatic rings. The Morgan fingerprint density at radius 1 is 0.880 bits per heavy atom. The molecule has 0 bridgehead atoms. The third-order valence-corrected chi connectivity index (χ3v) is 6.08. The van der Waals surface area contributed by atoms with Gasteiger partial charge in [-0.2, -0.15) is 0 Å². The fourth-order valence-electron chi connectivity index (χ4n) is 4.35. The molecule has 0 spiro atoms. The lowest BCUT2D eigenvalue weighted by molar-refractivity contribution is -0.146. The molecule has 0 aromatic carbocycles. The lowest BCUT2D eigenvalue weighted by atomic mass is 10.0. The molecule has 3 fully saturated rings. The number of hydrogen-bond acceptors (Lipinski definition) is 6. The molecule has 0 saturated carbocycles. The molecule has 3 aliphatic heterocycles. The van der Waals surface area contributed by atoms with E-state index in [0.29, 0.717) is 13.2 Å². The lowest BCUT2D eigenvalue weighted by Gasteiger charge is -2.42. The number of carbonyl (C=O) groups is 1. The topological polar surface area (TPSA) is 39.3 Å². The fourth-order valence-corrected chi connectivity index (χ4v) is 4.35. The van der Waals surface area contributed by atoms with Gasteiger partial charge in [0.25, 0.3) is 0 Å². The van der Waals surface area contributed by atoms with E-state index in [4.69, 9.17) is 4.74 Å². The first-order valence-corrected chi connectivity index (χ1v) is 10.2. The van der Waals surface area contributed by atoms with Crippen LogP contribution in [0.2, 0.25) is 0 Å². The Labute approximate surface area is 153 Å². The molecule has 0 aromatic heterocycles. The minimum Gasteiger partial charge on any atom is -0.463 e. The summed E-state index contributed by atoms with van der Waals surface area (Å²) >= 11 is 0. The van der Waals surface area contributed by atoms with Crippen molar-refractivity contribution in [2.24, 2.45) is 0 Å². The van der Waals surface area contributed by atoms with Crippen molar-refractivity contribution in [1.29, 1.82) is 0 Å². The van der Waals surface area contributed by atoms with Crippen molar-refractivity contribution in [3.8, 4) is 0 Å². The van der Waals surface area contributed by atoms with Gasteiger partial charge < -0.3 is 9.64 Å². The van der Waals surface area contributed by atoms with Gasteiger partial charge in [-0.15, -0.1) is 0 Å². The van der Waals surface area contributed by atoms with Gasteiger partial charge >= 0.3 is 5.97 Å². The number of ether oxygens (including phenoxy) is 1. The quantitative estimate of drug-likeness (QED) is 0.656. The summed E-state index contributed by atoms with van der Waals surface area (Å²) in [6.45, 7) is 10.8. The van der Waals surface area contributed by atoms with Crippen LogP contribution in [0, 0.1) is 0 Å². The monoisotopic (exact) mass is 352 g/mol. The van der Waals surface area contributed by atoms with Crippen molar-refractivity contribution >= 4 is 5.97 Å². The second kappa shape index (κ2) is 9.86. The van der Waals surface area contributed by atoms with Crippen molar-refractivity contribution in [3.63, 3.8) is 0 Å². The number of likely N-dealkylation sites (tertiary alicyclic amines) is 2. The van der Waals surface area contributed by atoms with E-state index in [1.165, 1.54) is 45.2 Å². The maximum atomic E-state index is 12.1. The summed E-state index contributed by atoms with van der Waals surface area (Å²) in [7, 11) is 2.21. The van der Waals surface area contributed by atoms with Gasteiger partial charge in [0.1, 0.15) is 6.61 Å². The molecule has 0 amide bonds. The van der Waals surface area contributed by atoms with Gasteiger partial charge in [-0.3, -0.25) is 19.5 Å². The highest BCUT2D eigenvalue weighted by atomic mass is 16.5. The van der Waals surface area contributed by atoms with Crippen LogP contribution in [0.25, 0.3) is 0 Å². The number of piperidine rings is 2. The molecule has 0 atom stereocenters. The van der Waals surface area contributed by atoms with Gasteiger partial charge in [0.15, 0.2) is 0 Å². The van der Waals surface area contributed by atoms with Crippen molar-refractivity contribution < 1.29 is 9.53 Å². The van der Waals surface area contributed by atoms with Crippen LogP contribution in [-0.4, -0.2) is 111 Å². The van der Waals surface area contributed by atoms with Crippen molar-refractivity contribution in [2.45, 2.75) is 38.1 Å². The van der Waals surface area contributed by atoms with Gasteiger partial charge in [0.05, 0.1) is 6.54 Å². The van der Waals surface area contributed by atoms with Gasteiger partial charge in [-0.1, -0.05) is 6.42 Å². The van der Waals surface area contributed by atoms with Crippen LogP contribution >= 0.6 is 0 Å². The Morgan fingerprint density at radius 2 is 1.56 bits per heavy atom. The summed E-state index contributed by atoms with van der Waals surface area (Å²) < 4.78 is 5.46. The molecule has 0 unspecified atom stereocenters. The summed E-state index contributed by atoms with van der Waals surface area (Å²) in [5.41, 5.74) is 0. The second-order valence-electron chi connectivity index (χ2n) is 7.97. The molecule has 0 aromatic rings. The highest BCUT2D eigenvalue weighted by Crippen LogP contribution is 2.17. The van der Waals surface area contributed by atoms with Gasteiger partial charge in [0.2, 0.25) is 0 Å². The molecular formula is C19H36N4O2. The third-order valence-electron chi connectivity index (χ3n) is 6.08. The summed E-state index contributed by atoms with van der Waals surface area (Å²) in [4.78, 5) is 21.8. The predicted octanol–water partition coefficient (Wildman–Crippen LogP) is 0.727. The first kappa shape index (κ1) is 19.1. The first-order chi connectivity index (χ1) is 12.2. The van der Waals surface area contributed by atoms with E-state index in [-0.39, 0.29) is 5.97 Å². The van der Waals surface area contributed by atoms with E-state index in [9.17, 15) is 4.79 Å². The average Bonchev–Trinajstić information content (AvgIpc) is 2.64. The fraction of sp³-hybridized carbons (Fsp3) is 0.947. The maximum Gasteiger partial charge on any atom is 0.320 e.